The Kier molecular flexibility index (Phi) is 4.95. The van der Waals surface area contributed by atoms with Gasteiger partial charge in [-0.05, 0) is 43.0 Å². The lowest BCUT2D eigenvalue weighted by Crippen LogP contribution is -2.50. The second-order valence-electron chi connectivity index (χ2n) is 5.72. The third-order valence-electron chi connectivity index (χ3n) is 3.97. The number of halogens is 3. The van der Waals surface area contributed by atoms with Gasteiger partial charge in [-0.1, -0.05) is 6.92 Å². The number of carbonyl (C=O) groups excluding carboxylic acids is 1. The van der Waals surface area contributed by atoms with Crippen molar-refractivity contribution in [3.63, 3.8) is 0 Å². The third kappa shape index (κ3) is 3.91. The van der Waals surface area contributed by atoms with E-state index < -0.39 is 11.7 Å². The quantitative estimate of drug-likeness (QED) is 0.880. The lowest BCUT2D eigenvalue weighted by molar-refractivity contribution is -0.137. The summed E-state index contributed by atoms with van der Waals surface area (Å²) in [7, 11) is 0. The first-order chi connectivity index (χ1) is 10.3. The number of nitrogens with two attached hydrogens (primary N) is 1. The third-order valence-corrected chi connectivity index (χ3v) is 3.97. The summed E-state index contributed by atoms with van der Waals surface area (Å²) in [4.78, 5) is 13.9. The molecule has 1 saturated heterocycles. The van der Waals surface area contributed by atoms with Crippen LogP contribution in [0.25, 0.3) is 0 Å². The molecule has 122 valence electrons. The molecule has 0 bridgehead atoms. The van der Waals surface area contributed by atoms with E-state index >= 15 is 0 Å². The van der Waals surface area contributed by atoms with E-state index in [1.807, 2.05) is 0 Å². The van der Waals surface area contributed by atoms with Gasteiger partial charge in [0.15, 0.2) is 0 Å². The second-order valence-corrected chi connectivity index (χ2v) is 5.72. The molecule has 0 spiro atoms. The summed E-state index contributed by atoms with van der Waals surface area (Å²) < 4.78 is 37.5. The van der Waals surface area contributed by atoms with E-state index in [-0.39, 0.29) is 12.1 Å². The van der Waals surface area contributed by atoms with Crippen LogP contribution in [-0.2, 0) is 6.18 Å². The van der Waals surface area contributed by atoms with Crippen LogP contribution in [-0.4, -0.2) is 30.1 Å². The summed E-state index contributed by atoms with van der Waals surface area (Å²) in [5.41, 5.74) is 5.31. The molecule has 1 fully saturated rings. The number of likely N-dealkylation sites (tertiary alicyclic amines) is 1. The van der Waals surface area contributed by atoms with Gasteiger partial charge in [0.05, 0.1) is 5.56 Å². The van der Waals surface area contributed by atoms with Crippen LogP contribution in [0.15, 0.2) is 24.3 Å². The average molecular weight is 315 g/mol. The van der Waals surface area contributed by atoms with Gasteiger partial charge in [0, 0.05) is 24.8 Å². The molecule has 1 heterocycles. The molecule has 22 heavy (non-hydrogen) atoms. The molecular formula is C15H20F3N3O. The zero-order valence-corrected chi connectivity index (χ0v) is 12.4. The van der Waals surface area contributed by atoms with Gasteiger partial charge in [0.25, 0.3) is 0 Å². The highest BCUT2D eigenvalue weighted by atomic mass is 19.4. The second kappa shape index (κ2) is 6.56. The molecule has 2 rings (SSSR count). The van der Waals surface area contributed by atoms with E-state index in [1.54, 1.807) is 4.90 Å². The number of benzene rings is 1. The van der Waals surface area contributed by atoms with Crippen LogP contribution in [0.4, 0.5) is 23.7 Å². The van der Waals surface area contributed by atoms with E-state index in [2.05, 4.69) is 12.2 Å². The van der Waals surface area contributed by atoms with Crippen molar-refractivity contribution in [3.05, 3.63) is 29.8 Å². The normalized spacial score (nSPS) is 22.5. The minimum atomic E-state index is -4.38. The van der Waals surface area contributed by atoms with Crippen molar-refractivity contribution in [1.29, 1.82) is 0 Å². The molecular weight excluding hydrogens is 295 g/mol. The van der Waals surface area contributed by atoms with Gasteiger partial charge in [-0.25, -0.2) is 4.79 Å². The number of nitrogens with zero attached hydrogens (tertiary/aromatic N) is 1. The van der Waals surface area contributed by atoms with Crippen LogP contribution in [0.3, 0.4) is 0 Å². The standard InChI is InChI=1S/C15H20F3N3O/c1-10-6-7-21(13(8-10)9-19)14(22)20-12-4-2-11(3-5-12)15(16,17)18/h2-5,10,13H,6-9,19H2,1H3,(H,20,22). The Morgan fingerprint density at radius 3 is 2.55 bits per heavy atom. The summed E-state index contributed by atoms with van der Waals surface area (Å²) in [5.74, 6) is 0.517. The molecule has 0 aromatic heterocycles. The number of anilines is 1. The molecule has 0 radical (unpaired) electrons. The molecule has 2 atom stereocenters. The predicted molar refractivity (Wildman–Crippen MR) is 78.4 cm³/mol. The van der Waals surface area contributed by atoms with Gasteiger partial charge in [-0.3, -0.25) is 0 Å². The van der Waals surface area contributed by atoms with Crippen molar-refractivity contribution in [2.24, 2.45) is 11.7 Å². The number of hydrogen-bond donors (Lipinski definition) is 2. The number of hydrogen-bond acceptors (Lipinski definition) is 2. The smallest absolute Gasteiger partial charge is 0.328 e. The zero-order valence-electron chi connectivity index (χ0n) is 12.4. The summed E-state index contributed by atoms with van der Waals surface area (Å²) >= 11 is 0. The number of rotatable bonds is 2. The van der Waals surface area contributed by atoms with Gasteiger partial charge in [0.1, 0.15) is 0 Å². The van der Waals surface area contributed by atoms with Crippen LogP contribution in [0.1, 0.15) is 25.3 Å². The molecule has 0 aliphatic carbocycles. The Hall–Kier alpha value is -1.76. The molecule has 4 nitrogen and oxygen atoms in total. The van der Waals surface area contributed by atoms with Gasteiger partial charge < -0.3 is 16.0 Å². The molecule has 1 aliphatic heterocycles. The van der Waals surface area contributed by atoms with Crippen LogP contribution in [0.2, 0.25) is 0 Å². The van der Waals surface area contributed by atoms with Gasteiger partial charge in [-0.2, -0.15) is 13.2 Å². The van der Waals surface area contributed by atoms with Gasteiger partial charge >= 0.3 is 12.2 Å². The maximum absolute atomic E-state index is 12.5. The van der Waals surface area contributed by atoms with Crippen molar-refractivity contribution in [2.75, 3.05) is 18.4 Å². The molecule has 1 aromatic rings. The number of carbonyl (C=O) groups is 1. The summed E-state index contributed by atoms with van der Waals surface area (Å²) in [5, 5.41) is 2.63. The molecule has 3 N–H and O–H groups in total. The topological polar surface area (TPSA) is 58.4 Å². The van der Waals surface area contributed by atoms with Crippen LogP contribution >= 0.6 is 0 Å². The van der Waals surface area contributed by atoms with E-state index in [0.29, 0.717) is 24.7 Å². The first-order valence-corrected chi connectivity index (χ1v) is 7.26. The minimum absolute atomic E-state index is 0.0294. The Morgan fingerprint density at radius 1 is 1.36 bits per heavy atom. The van der Waals surface area contributed by atoms with E-state index in [1.165, 1.54) is 12.1 Å². The maximum atomic E-state index is 12.5. The van der Waals surface area contributed by atoms with Crippen LogP contribution in [0.5, 0.6) is 0 Å². The van der Waals surface area contributed by atoms with Crippen molar-refractivity contribution >= 4 is 11.7 Å². The zero-order chi connectivity index (χ0) is 16.3. The number of alkyl halides is 3. The van der Waals surface area contributed by atoms with E-state index in [4.69, 9.17) is 5.73 Å². The summed E-state index contributed by atoms with van der Waals surface area (Å²) in [6.45, 7) is 3.11. The highest BCUT2D eigenvalue weighted by Crippen LogP contribution is 2.30. The molecule has 1 aromatic carbocycles. The van der Waals surface area contributed by atoms with Gasteiger partial charge in [0.2, 0.25) is 0 Å². The number of amides is 2. The fraction of sp³-hybridized carbons (Fsp3) is 0.533. The fourth-order valence-electron chi connectivity index (χ4n) is 2.68. The monoisotopic (exact) mass is 315 g/mol. The van der Waals surface area contributed by atoms with Crippen molar-refractivity contribution in [1.82, 2.24) is 4.90 Å². The van der Waals surface area contributed by atoms with Crippen LogP contribution < -0.4 is 11.1 Å². The first-order valence-electron chi connectivity index (χ1n) is 7.26. The molecule has 7 heteroatoms. The van der Waals surface area contributed by atoms with Crippen molar-refractivity contribution in [3.8, 4) is 0 Å². The SMILES string of the molecule is CC1CCN(C(=O)Nc2ccc(C(F)(F)F)cc2)C(CN)C1. The minimum Gasteiger partial charge on any atom is -0.328 e. The molecule has 2 amide bonds. The summed E-state index contributed by atoms with van der Waals surface area (Å²) in [6.07, 6.45) is -2.63. The van der Waals surface area contributed by atoms with Gasteiger partial charge in [-0.15, -0.1) is 0 Å². The molecule has 2 unspecified atom stereocenters. The first kappa shape index (κ1) is 16.6. The number of urea groups is 1. The van der Waals surface area contributed by atoms with Crippen molar-refractivity contribution in [2.45, 2.75) is 32.0 Å². The Bertz CT molecular complexity index is 516. The Balaban J connectivity index is 2.02. The lowest BCUT2D eigenvalue weighted by Gasteiger charge is -2.37. The molecule has 0 saturated carbocycles. The highest BCUT2D eigenvalue weighted by Gasteiger charge is 2.31. The maximum Gasteiger partial charge on any atom is 0.416 e. The summed E-state index contributed by atoms with van der Waals surface area (Å²) in [6, 6.07) is 4.07. The largest absolute Gasteiger partial charge is 0.416 e. The van der Waals surface area contributed by atoms with E-state index in [9.17, 15) is 18.0 Å². The molecule has 1 aliphatic rings. The Morgan fingerprint density at radius 2 is 2.00 bits per heavy atom. The predicted octanol–water partition coefficient (Wildman–Crippen LogP) is 3.30. The lowest BCUT2D eigenvalue weighted by atomic mass is 9.93. The van der Waals surface area contributed by atoms with Crippen LogP contribution in [0, 0.1) is 5.92 Å². The highest BCUT2D eigenvalue weighted by molar-refractivity contribution is 5.89. The van der Waals surface area contributed by atoms with Crippen molar-refractivity contribution < 1.29 is 18.0 Å². The number of nitrogens with one attached hydrogen (secondary N) is 1. The number of piperidine rings is 1. The fourth-order valence-corrected chi connectivity index (χ4v) is 2.68. The average Bonchev–Trinajstić information content (AvgIpc) is 2.46. The van der Waals surface area contributed by atoms with E-state index in [0.717, 1.165) is 25.0 Å². The Labute approximate surface area is 127 Å².